The highest BCUT2D eigenvalue weighted by molar-refractivity contribution is 7.09. The number of nitrogen functional groups attached to an aromatic ring is 1. The summed E-state index contributed by atoms with van der Waals surface area (Å²) in [5, 5.41) is 16.6. The smallest absolute Gasteiger partial charge is 0.335 e. The van der Waals surface area contributed by atoms with Crippen molar-refractivity contribution in [2.24, 2.45) is 0 Å². The van der Waals surface area contributed by atoms with E-state index in [9.17, 15) is 10.1 Å². The van der Waals surface area contributed by atoms with Gasteiger partial charge in [0.25, 0.3) is 0 Å². The van der Waals surface area contributed by atoms with E-state index in [0.29, 0.717) is 0 Å². The van der Waals surface area contributed by atoms with Crippen LogP contribution < -0.4 is 11.1 Å². The summed E-state index contributed by atoms with van der Waals surface area (Å²) in [4.78, 5) is 18.5. The first-order valence-electron chi connectivity index (χ1n) is 7.64. The lowest BCUT2D eigenvalue weighted by Gasteiger charge is -2.32. The number of hydrogen-bond acceptors (Lipinski definition) is 7. The lowest BCUT2D eigenvalue weighted by atomic mass is 10.0. The number of likely N-dealkylation sites (tertiary alicyclic amines) is 1. The van der Waals surface area contributed by atoms with E-state index < -0.39 is 4.92 Å². The molecule has 0 radical (unpaired) electrons. The van der Waals surface area contributed by atoms with Gasteiger partial charge in [0.05, 0.1) is 16.1 Å². The largest absolute Gasteiger partial charge is 0.392 e. The Balaban J connectivity index is 1.62. The van der Waals surface area contributed by atoms with Crippen LogP contribution in [0.4, 0.5) is 17.2 Å². The molecule has 3 heterocycles. The van der Waals surface area contributed by atoms with Crippen LogP contribution in [0.25, 0.3) is 0 Å². The molecular formula is C15H18ClN5O2S. The fourth-order valence-electron chi connectivity index (χ4n) is 2.83. The van der Waals surface area contributed by atoms with Crippen molar-refractivity contribution in [3.8, 4) is 0 Å². The molecule has 0 aliphatic carbocycles. The van der Waals surface area contributed by atoms with Gasteiger partial charge in [0, 0.05) is 30.6 Å². The molecule has 0 bridgehead atoms. The Morgan fingerprint density at radius 3 is 2.88 bits per heavy atom. The van der Waals surface area contributed by atoms with Crippen LogP contribution in [-0.2, 0) is 6.54 Å². The minimum atomic E-state index is -0.539. The van der Waals surface area contributed by atoms with Crippen LogP contribution in [0.15, 0.2) is 23.7 Å². The van der Waals surface area contributed by atoms with Crippen molar-refractivity contribution in [1.29, 1.82) is 0 Å². The predicted molar refractivity (Wildman–Crippen MR) is 96.6 cm³/mol. The Labute approximate surface area is 148 Å². The summed E-state index contributed by atoms with van der Waals surface area (Å²) in [5.74, 6) is 0.193. The molecule has 2 aromatic rings. The second kappa shape index (κ2) is 7.33. The molecule has 0 amide bonds. The molecule has 1 saturated heterocycles. The van der Waals surface area contributed by atoms with E-state index >= 15 is 0 Å². The highest BCUT2D eigenvalue weighted by Gasteiger charge is 2.26. The normalized spacial score (nSPS) is 16.2. The fraction of sp³-hybridized carbons (Fsp3) is 0.400. The van der Waals surface area contributed by atoms with Gasteiger partial charge in [-0.3, -0.25) is 15.0 Å². The summed E-state index contributed by atoms with van der Waals surface area (Å²) in [6, 6.07) is 4.33. The van der Waals surface area contributed by atoms with Crippen LogP contribution in [0.2, 0.25) is 5.02 Å². The van der Waals surface area contributed by atoms with Gasteiger partial charge < -0.3 is 11.1 Å². The molecule has 3 N–H and O–H groups in total. The quantitative estimate of drug-likeness (QED) is 0.621. The molecule has 9 heteroatoms. The van der Waals surface area contributed by atoms with Crippen LogP contribution in [0.5, 0.6) is 0 Å². The van der Waals surface area contributed by atoms with E-state index in [-0.39, 0.29) is 28.3 Å². The number of nitrogens with one attached hydrogen (secondary N) is 1. The van der Waals surface area contributed by atoms with Crippen LogP contribution >= 0.6 is 22.9 Å². The third-order valence-corrected chi connectivity index (χ3v) is 5.28. The summed E-state index contributed by atoms with van der Waals surface area (Å²) >= 11 is 7.59. The van der Waals surface area contributed by atoms with Crippen molar-refractivity contribution in [2.45, 2.75) is 25.4 Å². The van der Waals surface area contributed by atoms with Crippen LogP contribution in [-0.4, -0.2) is 33.9 Å². The number of nitrogens with two attached hydrogens (primary N) is 1. The van der Waals surface area contributed by atoms with E-state index in [2.05, 4.69) is 32.7 Å². The Morgan fingerprint density at radius 1 is 1.50 bits per heavy atom. The maximum absolute atomic E-state index is 11.2. The van der Waals surface area contributed by atoms with Gasteiger partial charge in [0.15, 0.2) is 0 Å². The number of hydrogen-bond donors (Lipinski definition) is 2. The molecule has 3 rings (SSSR count). The molecule has 1 aliphatic heterocycles. The Hall–Kier alpha value is -1.90. The molecule has 2 aromatic heterocycles. The van der Waals surface area contributed by atoms with Crippen molar-refractivity contribution in [3.05, 3.63) is 43.7 Å². The highest BCUT2D eigenvalue weighted by atomic mass is 35.5. The minimum absolute atomic E-state index is 0.0469. The van der Waals surface area contributed by atoms with E-state index in [1.807, 2.05) is 0 Å². The molecule has 0 spiro atoms. The van der Waals surface area contributed by atoms with Crippen molar-refractivity contribution in [1.82, 2.24) is 9.88 Å². The van der Waals surface area contributed by atoms with Gasteiger partial charge >= 0.3 is 5.69 Å². The average Bonchev–Trinajstić information content (AvgIpc) is 3.05. The molecule has 128 valence electrons. The second-order valence-corrected chi connectivity index (χ2v) is 7.19. The molecule has 0 aromatic carbocycles. The van der Waals surface area contributed by atoms with E-state index in [1.54, 1.807) is 11.3 Å². The number of pyridine rings is 1. The number of nitro groups is 1. The maximum atomic E-state index is 11.2. The zero-order valence-electron chi connectivity index (χ0n) is 12.9. The third-order valence-electron chi connectivity index (χ3n) is 4.11. The average molecular weight is 368 g/mol. The number of nitrogens with zero attached hydrogens (tertiary/aromatic N) is 3. The number of halogens is 1. The summed E-state index contributed by atoms with van der Waals surface area (Å²) in [6.45, 7) is 2.83. The van der Waals surface area contributed by atoms with Gasteiger partial charge in [-0.05, 0) is 24.3 Å². The molecule has 0 atom stereocenters. The van der Waals surface area contributed by atoms with Gasteiger partial charge in [-0.25, -0.2) is 4.98 Å². The van der Waals surface area contributed by atoms with Crippen molar-refractivity contribution in [3.63, 3.8) is 0 Å². The first-order chi connectivity index (χ1) is 11.5. The van der Waals surface area contributed by atoms with E-state index in [4.69, 9.17) is 17.3 Å². The molecule has 7 nitrogen and oxygen atoms in total. The Bertz CT molecular complexity index is 717. The van der Waals surface area contributed by atoms with Gasteiger partial charge in [-0.2, -0.15) is 0 Å². The lowest BCUT2D eigenvalue weighted by Crippen LogP contribution is -2.38. The topological polar surface area (TPSA) is 97.3 Å². The van der Waals surface area contributed by atoms with Gasteiger partial charge in [-0.15, -0.1) is 11.3 Å². The summed E-state index contributed by atoms with van der Waals surface area (Å²) in [5.41, 5.74) is 5.43. The minimum Gasteiger partial charge on any atom is -0.392 e. The summed E-state index contributed by atoms with van der Waals surface area (Å²) in [6.07, 6.45) is 3.14. The van der Waals surface area contributed by atoms with Gasteiger partial charge in [0.2, 0.25) is 5.82 Å². The SMILES string of the molecule is Nc1c(Cl)cnc(NC2CCN(Cc3cccs3)CC2)c1[N+](=O)[O-]. The van der Waals surface area contributed by atoms with Crippen molar-refractivity contribution >= 4 is 40.1 Å². The Kier molecular flexibility index (Phi) is 5.17. The molecule has 24 heavy (non-hydrogen) atoms. The monoisotopic (exact) mass is 367 g/mol. The zero-order chi connectivity index (χ0) is 17.1. The van der Waals surface area contributed by atoms with Crippen LogP contribution in [0.1, 0.15) is 17.7 Å². The number of piperidine rings is 1. The van der Waals surface area contributed by atoms with Crippen LogP contribution in [0, 0.1) is 10.1 Å². The summed E-state index contributed by atoms with van der Waals surface area (Å²) < 4.78 is 0. The van der Waals surface area contributed by atoms with Crippen molar-refractivity contribution < 1.29 is 4.92 Å². The number of thiophene rings is 1. The van der Waals surface area contributed by atoms with Gasteiger partial charge in [0.1, 0.15) is 5.69 Å². The summed E-state index contributed by atoms with van der Waals surface area (Å²) in [7, 11) is 0. The number of anilines is 2. The zero-order valence-corrected chi connectivity index (χ0v) is 14.5. The molecule has 1 aliphatic rings. The molecular weight excluding hydrogens is 350 g/mol. The maximum Gasteiger partial charge on any atom is 0.335 e. The Morgan fingerprint density at radius 2 is 2.25 bits per heavy atom. The first kappa shape index (κ1) is 16.9. The second-order valence-electron chi connectivity index (χ2n) is 5.75. The van der Waals surface area contributed by atoms with Crippen LogP contribution in [0.3, 0.4) is 0 Å². The first-order valence-corrected chi connectivity index (χ1v) is 8.90. The predicted octanol–water partition coefficient (Wildman–Crippen LogP) is 3.36. The number of aromatic nitrogens is 1. The lowest BCUT2D eigenvalue weighted by molar-refractivity contribution is -0.383. The van der Waals surface area contributed by atoms with Crippen molar-refractivity contribution in [2.75, 3.05) is 24.1 Å². The standard InChI is InChI=1S/C15H18ClN5O2S/c16-12-8-18-15(14(13(12)17)21(22)23)19-10-3-5-20(6-4-10)9-11-2-1-7-24-11/h1-2,7-8,10H,3-6,9H2,(H3,17,18,19). The van der Waals surface area contributed by atoms with E-state index in [1.165, 1.54) is 11.1 Å². The third kappa shape index (κ3) is 3.77. The fourth-order valence-corrected chi connectivity index (χ4v) is 3.72. The number of rotatable bonds is 5. The molecule has 1 fully saturated rings. The van der Waals surface area contributed by atoms with Gasteiger partial charge in [-0.1, -0.05) is 17.7 Å². The molecule has 0 saturated carbocycles. The highest BCUT2D eigenvalue weighted by Crippen LogP contribution is 2.35. The van der Waals surface area contributed by atoms with E-state index in [0.717, 1.165) is 32.5 Å². The molecule has 0 unspecified atom stereocenters.